The maximum absolute atomic E-state index is 11.1. The van der Waals surface area contributed by atoms with Crippen molar-refractivity contribution in [2.75, 3.05) is 26.0 Å². The minimum absolute atomic E-state index is 0.0735. The molecule has 1 aromatic carbocycles. The fourth-order valence-electron chi connectivity index (χ4n) is 1.35. The van der Waals surface area contributed by atoms with Crippen LogP contribution < -0.4 is 10.1 Å². The summed E-state index contributed by atoms with van der Waals surface area (Å²) in [4.78, 5) is 0. The van der Waals surface area contributed by atoms with E-state index in [1.165, 1.54) is 0 Å². The van der Waals surface area contributed by atoms with Crippen LogP contribution >= 0.6 is 11.6 Å². The largest absolute Gasteiger partial charge is 0.491 e. The second-order valence-electron chi connectivity index (χ2n) is 4.39. The summed E-state index contributed by atoms with van der Waals surface area (Å²) in [5.41, 5.74) is 0. The average molecular weight is 306 g/mol. The molecular formula is C13H20ClNO3S. The van der Waals surface area contributed by atoms with Crippen LogP contribution in [0.25, 0.3) is 0 Å². The average Bonchev–Trinajstić information content (AvgIpc) is 2.37. The first kappa shape index (κ1) is 16.4. The van der Waals surface area contributed by atoms with Crippen molar-refractivity contribution in [2.24, 2.45) is 0 Å². The molecule has 6 heteroatoms. The highest BCUT2D eigenvalue weighted by Crippen LogP contribution is 2.15. The number of ether oxygens (including phenoxy) is 1. The summed E-state index contributed by atoms with van der Waals surface area (Å²) in [6.07, 6.45) is 1.07. The molecule has 4 nitrogen and oxygen atoms in total. The zero-order valence-electron chi connectivity index (χ0n) is 11.1. The van der Waals surface area contributed by atoms with Crippen molar-refractivity contribution >= 4 is 22.4 Å². The molecule has 0 bridgehead atoms. The lowest BCUT2D eigenvalue weighted by Gasteiger charge is -2.15. The van der Waals surface area contributed by atoms with Gasteiger partial charge in [0.25, 0.3) is 0 Å². The molecule has 0 aliphatic heterocycles. The maximum Gasteiger partial charge on any atom is 0.119 e. The van der Waals surface area contributed by atoms with Crippen molar-refractivity contribution < 1.29 is 14.1 Å². The Morgan fingerprint density at radius 1 is 1.37 bits per heavy atom. The molecule has 0 aliphatic rings. The third-order valence-electron chi connectivity index (χ3n) is 2.63. The van der Waals surface area contributed by atoms with Crippen LogP contribution in [-0.2, 0) is 10.8 Å². The van der Waals surface area contributed by atoms with Gasteiger partial charge < -0.3 is 15.2 Å². The molecule has 0 fully saturated rings. The Morgan fingerprint density at radius 2 is 2.00 bits per heavy atom. The highest BCUT2D eigenvalue weighted by atomic mass is 35.5. The van der Waals surface area contributed by atoms with Gasteiger partial charge in [-0.15, -0.1) is 0 Å². The number of hydrogen-bond acceptors (Lipinski definition) is 4. The van der Waals surface area contributed by atoms with E-state index in [0.29, 0.717) is 23.9 Å². The molecule has 3 atom stereocenters. The minimum Gasteiger partial charge on any atom is -0.491 e. The van der Waals surface area contributed by atoms with Crippen molar-refractivity contribution in [1.82, 2.24) is 5.32 Å². The summed E-state index contributed by atoms with van der Waals surface area (Å²) >= 11 is 5.76. The molecule has 0 heterocycles. The van der Waals surface area contributed by atoms with Gasteiger partial charge in [0.2, 0.25) is 0 Å². The van der Waals surface area contributed by atoms with E-state index in [0.717, 1.165) is 0 Å². The summed E-state index contributed by atoms with van der Waals surface area (Å²) in [5.74, 6) is 0.673. The van der Waals surface area contributed by atoms with E-state index in [1.807, 2.05) is 6.92 Å². The number of aliphatic hydroxyl groups is 1. The molecule has 0 saturated carbocycles. The first-order valence-corrected chi connectivity index (χ1v) is 8.08. The Balaban J connectivity index is 2.19. The normalized spacial score (nSPS) is 15.8. The van der Waals surface area contributed by atoms with Crippen LogP contribution in [-0.4, -0.2) is 46.6 Å². The van der Waals surface area contributed by atoms with Crippen LogP contribution in [0.1, 0.15) is 6.92 Å². The molecule has 0 amide bonds. The standard InChI is InChI=1S/C13H20ClNO3S/c1-10(19(2)17)7-15-8-12(16)9-18-13-5-3-11(14)4-6-13/h3-6,10,12,15-16H,7-9H2,1-2H3. The van der Waals surface area contributed by atoms with Gasteiger partial charge >= 0.3 is 0 Å². The number of halogens is 1. The van der Waals surface area contributed by atoms with Crippen LogP contribution in [0.3, 0.4) is 0 Å². The fraction of sp³-hybridized carbons (Fsp3) is 0.538. The molecule has 0 aliphatic carbocycles. The Labute approximate surface area is 121 Å². The van der Waals surface area contributed by atoms with E-state index in [1.54, 1.807) is 30.5 Å². The predicted molar refractivity (Wildman–Crippen MR) is 79.4 cm³/mol. The van der Waals surface area contributed by atoms with Crippen molar-refractivity contribution in [3.8, 4) is 5.75 Å². The van der Waals surface area contributed by atoms with Gasteiger partial charge in [0.05, 0.1) is 0 Å². The minimum atomic E-state index is -0.849. The molecule has 1 aromatic rings. The quantitative estimate of drug-likeness (QED) is 0.763. The topological polar surface area (TPSA) is 58.6 Å². The third-order valence-corrected chi connectivity index (χ3v) is 4.19. The Morgan fingerprint density at radius 3 is 2.58 bits per heavy atom. The Bertz CT molecular complexity index is 399. The zero-order valence-corrected chi connectivity index (χ0v) is 12.7. The molecule has 108 valence electrons. The van der Waals surface area contributed by atoms with Crippen LogP contribution in [0.4, 0.5) is 0 Å². The zero-order chi connectivity index (χ0) is 14.3. The summed E-state index contributed by atoms with van der Waals surface area (Å²) in [5, 5.41) is 13.5. The van der Waals surface area contributed by atoms with E-state index >= 15 is 0 Å². The van der Waals surface area contributed by atoms with Gasteiger partial charge in [0.15, 0.2) is 0 Å². The molecular weight excluding hydrogens is 286 g/mol. The number of aliphatic hydroxyl groups excluding tert-OH is 1. The van der Waals surface area contributed by atoms with E-state index in [4.69, 9.17) is 16.3 Å². The van der Waals surface area contributed by atoms with Gasteiger partial charge in [-0.25, -0.2) is 0 Å². The first-order chi connectivity index (χ1) is 8.99. The molecule has 3 unspecified atom stereocenters. The number of rotatable bonds is 8. The van der Waals surface area contributed by atoms with Gasteiger partial charge in [-0.3, -0.25) is 4.21 Å². The number of hydrogen-bond donors (Lipinski definition) is 2. The predicted octanol–water partition coefficient (Wildman–Crippen LogP) is 1.44. The molecule has 0 spiro atoms. The van der Waals surface area contributed by atoms with E-state index < -0.39 is 16.9 Å². The highest BCUT2D eigenvalue weighted by molar-refractivity contribution is 7.84. The molecule has 0 saturated heterocycles. The van der Waals surface area contributed by atoms with Crippen molar-refractivity contribution in [3.05, 3.63) is 29.3 Å². The van der Waals surface area contributed by atoms with Crippen molar-refractivity contribution in [3.63, 3.8) is 0 Å². The fourth-order valence-corrected chi connectivity index (χ4v) is 1.83. The summed E-state index contributed by atoms with van der Waals surface area (Å²) in [6, 6.07) is 6.98. The molecule has 19 heavy (non-hydrogen) atoms. The van der Waals surface area contributed by atoms with Crippen LogP contribution in [0, 0.1) is 0 Å². The lowest BCUT2D eigenvalue weighted by atomic mass is 10.3. The Hall–Kier alpha value is -0.620. The lowest BCUT2D eigenvalue weighted by Crippen LogP contribution is -2.36. The summed E-state index contributed by atoms with van der Waals surface area (Å²) in [6.45, 7) is 3.13. The van der Waals surface area contributed by atoms with Gasteiger partial charge in [-0.1, -0.05) is 11.6 Å². The molecule has 0 radical (unpaired) electrons. The number of benzene rings is 1. The number of nitrogens with one attached hydrogen (secondary N) is 1. The smallest absolute Gasteiger partial charge is 0.119 e. The summed E-state index contributed by atoms with van der Waals surface area (Å²) in [7, 11) is -0.849. The van der Waals surface area contributed by atoms with Crippen LogP contribution in [0.5, 0.6) is 5.75 Å². The SMILES string of the molecule is CC(CNCC(O)COc1ccc(Cl)cc1)S(C)=O. The van der Waals surface area contributed by atoms with Crippen LogP contribution in [0.15, 0.2) is 24.3 Å². The third kappa shape index (κ3) is 6.92. The molecule has 0 aromatic heterocycles. The van der Waals surface area contributed by atoms with Gasteiger partial charge in [0, 0.05) is 40.4 Å². The monoisotopic (exact) mass is 305 g/mol. The van der Waals surface area contributed by atoms with E-state index in [-0.39, 0.29) is 11.9 Å². The van der Waals surface area contributed by atoms with Gasteiger partial charge in [-0.05, 0) is 31.2 Å². The molecule has 1 rings (SSSR count). The Kier molecular flexibility index (Phi) is 7.38. The van der Waals surface area contributed by atoms with E-state index in [9.17, 15) is 9.32 Å². The second-order valence-corrected chi connectivity index (χ2v) is 6.62. The van der Waals surface area contributed by atoms with Crippen molar-refractivity contribution in [2.45, 2.75) is 18.3 Å². The van der Waals surface area contributed by atoms with Gasteiger partial charge in [0.1, 0.15) is 18.5 Å². The highest BCUT2D eigenvalue weighted by Gasteiger charge is 2.08. The summed E-state index contributed by atoms with van der Waals surface area (Å²) < 4.78 is 16.5. The first-order valence-electron chi connectivity index (χ1n) is 6.08. The lowest BCUT2D eigenvalue weighted by molar-refractivity contribution is 0.106. The van der Waals surface area contributed by atoms with Crippen molar-refractivity contribution in [1.29, 1.82) is 0 Å². The second kappa shape index (κ2) is 8.53. The van der Waals surface area contributed by atoms with Crippen LogP contribution in [0.2, 0.25) is 5.02 Å². The maximum atomic E-state index is 11.1. The van der Waals surface area contributed by atoms with E-state index in [2.05, 4.69) is 5.32 Å². The van der Waals surface area contributed by atoms with Gasteiger partial charge in [-0.2, -0.15) is 0 Å². The molecule has 2 N–H and O–H groups in total.